The van der Waals surface area contributed by atoms with Gasteiger partial charge >= 0.3 is 0 Å². The second kappa shape index (κ2) is 5.66. The van der Waals surface area contributed by atoms with Crippen LogP contribution in [0.25, 0.3) is 0 Å². The summed E-state index contributed by atoms with van der Waals surface area (Å²) in [6, 6.07) is 8.14. The van der Waals surface area contributed by atoms with Crippen molar-refractivity contribution in [3.63, 3.8) is 0 Å². The Bertz CT molecular complexity index is 361. The van der Waals surface area contributed by atoms with Gasteiger partial charge in [-0.2, -0.15) is 0 Å². The van der Waals surface area contributed by atoms with Crippen LogP contribution in [0.15, 0.2) is 24.3 Å². The van der Waals surface area contributed by atoms with E-state index in [1.165, 1.54) is 11.1 Å². The summed E-state index contributed by atoms with van der Waals surface area (Å²) in [7, 11) is 3.54. The van der Waals surface area contributed by atoms with Crippen molar-refractivity contribution in [1.82, 2.24) is 10.2 Å². The number of hydrogen-bond donors (Lipinski definition) is 1. The van der Waals surface area contributed by atoms with Crippen molar-refractivity contribution < 1.29 is 4.79 Å². The summed E-state index contributed by atoms with van der Waals surface area (Å²) in [6.45, 7) is 4.68. The van der Waals surface area contributed by atoms with Crippen molar-refractivity contribution >= 4 is 5.91 Å². The predicted octanol–water partition coefficient (Wildman–Crippen LogP) is 1.56. The lowest BCUT2D eigenvalue weighted by Crippen LogP contribution is -2.41. The minimum absolute atomic E-state index is 0.104. The fourth-order valence-corrected chi connectivity index (χ4v) is 1.57. The van der Waals surface area contributed by atoms with E-state index in [-0.39, 0.29) is 11.9 Å². The fraction of sp³-hybridized carbons (Fsp3) is 0.462. The summed E-state index contributed by atoms with van der Waals surface area (Å²) < 4.78 is 0. The van der Waals surface area contributed by atoms with Crippen LogP contribution in [-0.2, 0) is 11.3 Å². The van der Waals surface area contributed by atoms with Gasteiger partial charge in [0.15, 0.2) is 0 Å². The van der Waals surface area contributed by atoms with Crippen molar-refractivity contribution in [3.8, 4) is 0 Å². The molecule has 1 amide bonds. The average molecular weight is 220 g/mol. The third kappa shape index (κ3) is 3.66. The molecule has 0 spiro atoms. The van der Waals surface area contributed by atoms with Gasteiger partial charge in [0.05, 0.1) is 6.04 Å². The molecule has 0 radical (unpaired) electrons. The molecule has 0 heterocycles. The lowest BCUT2D eigenvalue weighted by atomic mass is 10.1. The van der Waals surface area contributed by atoms with Crippen molar-refractivity contribution in [2.45, 2.75) is 26.4 Å². The monoisotopic (exact) mass is 220 g/mol. The van der Waals surface area contributed by atoms with E-state index in [0.717, 1.165) is 6.54 Å². The number of carbonyl (C=O) groups excluding carboxylic acids is 1. The second-order valence-corrected chi connectivity index (χ2v) is 4.32. The maximum Gasteiger partial charge on any atom is 0.238 e. The Kier molecular flexibility index (Phi) is 4.50. The number of aryl methyl sites for hydroxylation is 1. The van der Waals surface area contributed by atoms with Crippen molar-refractivity contribution in [1.29, 1.82) is 0 Å². The van der Waals surface area contributed by atoms with E-state index in [2.05, 4.69) is 30.4 Å². The maximum atomic E-state index is 11.6. The third-order valence-electron chi connectivity index (χ3n) is 2.51. The Morgan fingerprint density at radius 2 is 2.12 bits per heavy atom. The van der Waals surface area contributed by atoms with Crippen LogP contribution in [-0.4, -0.2) is 30.9 Å². The standard InChI is InChI=1S/C13H20N2O/c1-10-6-5-7-12(8-10)9-14-11(2)13(16)15(3)4/h5-8,11,14H,9H2,1-4H3/t11-/m1/s1. The SMILES string of the molecule is Cc1cccc(CN[C@H](C)C(=O)N(C)C)c1. The van der Waals surface area contributed by atoms with E-state index in [1.54, 1.807) is 19.0 Å². The zero-order chi connectivity index (χ0) is 12.1. The number of nitrogens with zero attached hydrogens (tertiary/aromatic N) is 1. The molecule has 0 saturated carbocycles. The molecule has 0 unspecified atom stereocenters. The topological polar surface area (TPSA) is 32.3 Å². The van der Waals surface area contributed by atoms with Gasteiger partial charge in [-0.15, -0.1) is 0 Å². The van der Waals surface area contributed by atoms with Gasteiger partial charge in [-0.1, -0.05) is 29.8 Å². The van der Waals surface area contributed by atoms with Crippen LogP contribution in [0.2, 0.25) is 0 Å². The summed E-state index contributed by atoms with van der Waals surface area (Å²) in [5, 5.41) is 3.22. The number of amides is 1. The second-order valence-electron chi connectivity index (χ2n) is 4.32. The Morgan fingerprint density at radius 1 is 1.44 bits per heavy atom. The van der Waals surface area contributed by atoms with E-state index < -0.39 is 0 Å². The lowest BCUT2D eigenvalue weighted by molar-refractivity contribution is -0.130. The molecular formula is C13H20N2O. The van der Waals surface area contributed by atoms with Gasteiger partial charge in [0.25, 0.3) is 0 Å². The highest BCUT2D eigenvalue weighted by Gasteiger charge is 2.13. The minimum Gasteiger partial charge on any atom is -0.347 e. The highest BCUT2D eigenvalue weighted by molar-refractivity contribution is 5.80. The number of nitrogens with one attached hydrogen (secondary N) is 1. The molecule has 0 bridgehead atoms. The van der Waals surface area contributed by atoms with Gasteiger partial charge in [0, 0.05) is 20.6 Å². The van der Waals surface area contributed by atoms with Gasteiger partial charge in [0.2, 0.25) is 5.91 Å². The molecule has 1 aromatic carbocycles. The summed E-state index contributed by atoms with van der Waals surface area (Å²) in [4.78, 5) is 13.2. The molecule has 1 rings (SSSR count). The highest BCUT2D eigenvalue weighted by atomic mass is 16.2. The highest BCUT2D eigenvalue weighted by Crippen LogP contribution is 2.03. The number of hydrogen-bond acceptors (Lipinski definition) is 2. The van der Waals surface area contributed by atoms with E-state index >= 15 is 0 Å². The summed E-state index contributed by atoms with van der Waals surface area (Å²) >= 11 is 0. The number of rotatable bonds is 4. The number of benzene rings is 1. The molecule has 0 aromatic heterocycles. The summed E-state index contributed by atoms with van der Waals surface area (Å²) in [5.74, 6) is 0.104. The molecule has 16 heavy (non-hydrogen) atoms. The first-order valence-electron chi connectivity index (χ1n) is 5.51. The Labute approximate surface area is 97.5 Å². The minimum atomic E-state index is -0.143. The largest absolute Gasteiger partial charge is 0.347 e. The van der Waals surface area contributed by atoms with E-state index in [9.17, 15) is 4.79 Å². The van der Waals surface area contributed by atoms with E-state index in [4.69, 9.17) is 0 Å². The van der Waals surface area contributed by atoms with Crippen molar-refractivity contribution in [2.75, 3.05) is 14.1 Å². The first-order valence-corrected chi connectivity index (χ1v) is 5.51. The molecule has 0 fully saturated rings. The van der Waals surface area contributed by atoms with Gasteiger partial charge in [-0.25, -0.2) is 0 Å². The van der Waals surface area contributed by atoms with Gasteiger partial charge in [0.1, 0.15) is 0 Å². The Morgan fingerprint density at radius 3 is 2.69 bits per heavy atom. The van der Waals surface area contributed by atoms with Crippen LogP contribution < -0.4 is 5.32 Å². The Balaban J connectivity index is 2.49. The molecule has 1 N–H and O–H groups in total. The molecule has 3 nitrogen and oxygen atoms in total. The number of carbonyl (C=O) groups is 1. The van der Waals surface area contributed by atoms with Crippen molar-refractivity contribution in [2.24, 2.45) is 0 Å². The third-order valence-corrected chi connectivity index (χ3v) is 2.51. The molecule has 1 aromatic rings. The van der Waals surface area contributed by atoms with Crippen molar-refractivity contribution in [3.05, 3.63) is 35.4 Å². The van der Waals surface area contributed by atoms with Crippen LogP contribution in [0.1, 0.15) is 18.1 Å². The zero-order valence-corrected chi connectivity index (χ0v) is 10.4. The van der Waals surface area contributed by atoms with Crippen LogP contribution >= 0.6 is 0 Å². The lowest BCUT2D eigenvalue weighted by Gasteiger charge is -2.18. The van der Waals surface area contributed by atoms with Gasteiger partial charge in [-0.3, -0.25) is 4.79 Å². The first-order chi connectivity index (χ1) is 7.50. The molecule has 0 aliphatic carbocycles. The summed E-state index contributed by atoms with van der Waals surface area (Å²) in [5.41, 5.74) is 2.45. The van der Waals surface area contributed by atoms with Crippen LogP contribution in [0.4, 0.5) is 0 Å². The quantitative estimate of drug-likeness (QED) is 0.835. The normalized spacial score (nSPS) is 12.2. The average Bonchev–Trinajstić information content (AvgIpc) is 2.24. The molecular weight excluding hydrogens is 200 g/mol. The predicted molar refractivity (Wildman–Crippen MR) is 66.2 cm³/mol. The van der Waals surface area contributed by atoms with Gasteiger partial charge in [-0.05, 0) is 19.4 Å². The fourth-order valence-electron chi connectivity index (χ4n) is 1.57. The molecule has 0 aliphatic heterocycles. The molecule has 0 saturated heterocycles. The molecule has 88 valence electrons. The smallest absolute Gasteiger partial charge is 0.238 e. The number of likely N-dealkylation sites (N-methyl/N-ethyl adjacent to an activating group) is 1. The van der Waals surface area contributed by atoms with Crippen LogP contribution in [0.3, 0.4) is 0 Å². The van der Waals surface area contributed by atoms with Crippen LogP contribution in [0.5, 0.6) is 0 Å². The Hall–Kier alpha value is -1.35. The van der Waals surface area contributed by atoms with Crippen LogP contribution in [0, 0.1) is 6.92 Å². The zero-order valence-electron chi connectivity index (χ0n) is 10.4. The molecule has 0 aliphatic rings. The first kappa shape index (κ1) is 12.7. The molecule has 3 heteroatoms. The van der Waals surface area contributed by atoms with E-state index in [0.29, 0.717) is 0 Å². The summed E-state index contributed by atoms with van der Waals surface area (Å²) in [6.07, 6.45) is 0. The molecule has 1 atom stereocenters. The van der Waals surface area contributed by atoms with Gasteiger partial charge < -0.3 is 10.2 Å². The maximum absolute atomic E-state index is 11.6. The van der Waals surface area contributed by atoms with E-state index in [1.807, 2.05) is 13.0 Å².